The van der Waals surface area contributed by atoms with Crippen LogP contribution in [0.25, 0.3) is 0 Å². The number of halogens is 2. The van der Waals surface area contributed by atoms with E-state index in [2.05, 4.69) is 43.6 Å². The number of rotatable bonds is 12. The summed E-state index contributed by atoms with van der Waals surface area (Å²) in [5.74, 6) is -0.000600. The summed E-state index contributed by atoms with van der Waals surface area (Å²) in [6, 6.07) is 3.03. The number of hydrogen-bond acceptors (Lipinski definition) is 4. The van der Waals surface area contributed by atoms with Gasteiger partial charge in [-0.3, -0.25) is 0 Å². The van der Waals surface area contributed by atoms with Gasteiger partial charge in [-0.25, -0.2) is 9.59 Å². The maximum absolute atomic E-state index is 12.9. The Labute approximate surface area is 195 Å². The van der Waals surface area contributed by atoms with E-state index in [4.69, 9.17) is 21.1 Å². The summed E-state index contributed by atoms with van der Waals surface area (Å²) in [7, 11) is 0. The third kappa shape index (κ3) is 8.97. The average Bonchev–Trinajstić information content (AvgIpc) is 2.69. The summed E-state index contributed by atoms with van der Waals surface area (Å²) >= 11 is 9.56. The van der Waals surface area contributed by atoms with Crippen molar-refractivity contribution in [3.8, 4) is 0 Å². The Hall–Kier alpha value is -1.07. The Kier molecular flexibility index (Phi) is 12.0. The van der Waals surface area contributed by atoms with E-state index in [1.165, 1.54) is 6.07 Å². The molecule has 0 aliphatic rings. The van der Waals surface area contributed by atoms with Crippen LogP contribution in [0.2, 0.25) is 5.02 Å². The Bertz CT molecular complexity index is 644. The van der Waals surface area contributed by atoms with Crippen LogP contribution in [-0.2, 0) is 9.47 Å². The van der Waals surface area contributed by atoms with Gasteiger partial charge in [0, 0.05) is 4.47 Å². The molecule has 0 spiro atoms. The van der Waals surface area contributed by atoms with Gasteiger partial charge in [0.2, 0.25) is 0 Å². The lowest BCUT2D eigenvalue weighted by Gasteiger charge is -2.20. The second-order valence-electron chi connectivity index (χ2n) is 8.63. The molecule has 0 aliphatic carbocycles. The fourth-order valence-corrected chi connectivity index (χ4v) is 3.55. The van der Waals surface area contributed by atoms with Crippen LogP contribution in [0.15, 0.2) is 16.6 Å². The van der Waals surface area contributed by atoms with Crippen molar-refractivity contribution >= 4 is 39.5 Å². The average molecular weight is 504 g/mol. The standard InChI is InChI=1S/C24H36BrClO4/c1-7-17(11-9-15(3)4)29-23(27)19-13-21(25)22(26)14-20(19)24(28)30-18(8-2)12-10-16(5)6/h13-18H,7-12H2,1-6H3. The highest BCUT2D eigenvalue weighted by molar-refractivity contribution is 9.10. The minimum atomic E-state index is -0.540. The van der Waals surface area contributed by atoms with E-state index >= 15 is 0 Å². The molecule has 0 aliphatic heterocycles. The van der Waals surface area contributed by atoms with Crippen LogP contribution in [0.5, 0.6) is 0 Å². The first-order chi connectivity index (χ1) is 14.1. The molecular formula is C24H36BrClO4. The van der Waals surface area contributed by atoms with Crippen LogP contribution in [0.1, 0.15) is 101 Å². The number of esters is 2. The molecule has 2 unspecified atom stereocenters. The van der Waals surface area contributed by atoms with Crippen molar-refractivity contribution in [2.24, 2.45) is 11.8 Å². The molecule has 0 aromatic heterocycles. The highest BCUT2D eigenvalue weighted by Gasteiger charge is 2.25. The monoisotopic (exact) mass is 502 g/mol. The van der Waals surface area contributed by atoms with Crippen LogP contribution in [0, 0.1) is 11.8 Å². The first-order valence-corrected chi connectivity index (χ1v) is 12.2. The van der Waals surface area contributed by atoms with Crippen molar-refractivity contribution < 1.29 is 19.1 Å². The molecule has 0 bridgehead atoms. The molecule has 1 rings (SSSR count). The molecule has 0 saturated heterocycles. The molecule has 1 aromatic carbocycles. The van der Waals surface area contributed by atoms with Gasteiger partial charge in [-0.15, -0.1) is 0 Å². The molecule has 0 amide bonds. The van der Waals surface area contributed by atoms with E-state index < -0.39 is 11.9 Å². The summed E-state index contributed by atoms with van der Waals surface area (Å²) in [5.41, 5.74) is 0.327. The molecular weight excluding hydrogens is 468 g/mol. The summed E-state index contributed by atoms with van der Waals surface area (Å²) in [6.45, 7) is 12.5. The minimum Gasteiger partial charge on any atom is -0.459 e. The largest absolute Gasteiger partial charge is 0.459 e. The lowest BCUT2D eigenvalue weighted by atomic mass is 10.0. The smallest absolute Gasteiger partial charge is 0.339 e. The number of hydrogen-bond donors (Lipinski definition) is 0. The Balaban J connectivity index is 3.05. The summed E-state index contributed by atoms with van der Waals surface area (Å²) in [5, 5.41) is 0.348. The van der Waals surface area contributed by atoms with E-state index in [9.17, 15) is 9.59 Å². The third-order valence-corrected chi connectivity index (χ3v) is 6.29. The minimum absolute atomic E-state index is 0.148. The van der Waals surface area contributed by atoms with Crippen molar-refractivity contribution in [2.45, 2.75) is 92.3 Å². The predicted octanol–water partition coefficient (Wildman–Crippen LogP) is 7.85. The van der Waals surface area contributed by atoms with Crippen molar-refractivity contribution in [2.75, 3.05) is 0 Å². The SMILES string of the molecule is CCC(CCC(C)C)OC(=O)c1cc(Cl)c(Br)cc1C(=O)OC(CC)CCC(C)C. The van der Waals surface area contributed by atoms with Gasteiger partial charge in [0.05, 0.1) is 16.1 Å². The van der Waals surface area contributed by atoms with E-state index in [0.29, 0.717) is 21.3 Å². The fourth-order valence-electron chi connectivity index (χ4n) is 3.05. The van der Waals surface area contributed by atoms with Gasteiger partial charge in [0.25, 0.3) is 0 Å². The van der Waals surface area contributed by atoms with Gasteiger partial charge in [-0.2, -0.15) is 0 Å². The molecule has 0 fully saturated rings. The summed E-state index contributed by atoms with van der Waals surface area (Å²) in [6.07, 6.45) is 4.58. The lowest BCUT2D eigenvalue weighted by molar-refractivity contribution is 0.0213. The summed E-state index contributed by atoms with van der Waals surface area (Å²) < 4.78 is 12.0. The number of carbonyl (C=O) groups excluding carboxylic acids is 2. The van der Waals surface area contributed by atoms with Crippen LogP contribution >= 0.6 is 27.5 Å². The van der Waals surface area contributed by atoms with Crippen molar-refractivity contribution in [3.63, 3.8) is 0 Å². The summed E-state index contributed by atoms with van der Waals surface area (Å²) in [4.78, 5) is 25.8. The zero-order valence-electron chi connectivity index (χ0n) is 19.1. The number of ether oxygens (including phenoxy) is 2. The van der Waals surface area contributed by atoms with Gasteiger partial charge in [0.15, 0.2) is 0 Å². The fraction of sp³-hybridized carbons (Fsp3) is 0.667. The Morgan fingerprint density at radius 2 is 1.23 bits per heavy atom. The quantitative estimate of drug-likeness (QED) is 0.272. The second kappa shape index (κ2) is 13.4. The predicted molar refractivity (Wildman–Crippen MR) is 126 cm³/mol. The van der Waals surface area contributed by atoms with Crippen LogP contribution in [0.3, 0.4) is 0 Å². The topological polar surface area (TPSA) is 52.6 Å². The van der Waals surface area contributed by atoms with Gasteiger partial charge in [-0.05, 0) is 78.4 Å². The first kappa shape index (κ1) is 27.0. The second-order valence-corrected chi connectivity index (χ2v) is 9.89. The van der Waals surface area contributed by atoms with Crippen LogP contribution in [-0.4, -0.2) is 24.1 Å². The van der Waals surface area contributed by atoms with Gasteiger partial charge in [0.1, 0.15) is 12.2 Å². The third-order valence-electron chi connectivity index (χ3n) is 5.09. The normalized spacial score (nSPS) is 13.4. The van der Waals surface area contributed by atoms with Crippen molar-refractivity contribution in [3.05, 3.63) is 32.8 Å². The maximum Gasteiger partial charge on any atom is 0.339 e. The van der Waals surface area contributed by atoms with E-state index in [1.54, 1.807) is 6.07 Å². The zero-order chi connectivity index (χ0) is 22.8. The molecule has 170 valence electrons. The maximum atomic E-state index is 12.9. The van der Waals surface area contributed by atoms with Crippen molar-refractivity contribution in [1.29, 1.82) is 0 Å². The van der Waals surface area contributed by atoms with E-state index in [-0.39, 0.29) is 23.3 Å². The van der Waals surface area contributed by atoms with Gasteiger partial charge in [-0.1, -0.05) is 53.1 Å². The van der Waals surface area contributed by atoms with Gasteiger partial charge >= 0.3 is 11.9 Å². The molecule has 30 heavy (non-hydrogen) atoms. The molecule has 0 saturated carbocycles. The van der Waals surface area contributed by atoms with E-state index in [1.807, 2.05) is 13.8 Å². The number of carbonyl (C=O) groups is 2. The lowest BCUT2D eigenvalue weighted by Crippen LogP contribution is -2.23. The molecule has 0 radical (unpaired) electrons. The van der Waals surface area contributed by atoms with Crippen molar-refractivity contribution in [1.82, 2.24) is 0 Å². The van der Waals surface area contributed by atoms with Crippen LogP contribution < -0.4 is 0 Å². The number of benzene rings is 1. The zero-order valence-corrected chi connectivity index (χ0v) is 21.4. The molecule has 0 N–H and O–H groups in total. The van der Waals surface area contributed by atoms with E-state index in [0.717, 1.165) is 38.5 Å². The molecule has 1 aromatic rings. The molecule has 2 atom stereocenters. The molecule has 0 heterocycles. The first-order valence-electron chi connectivity index (χ1n) is 11.0. The molecule has 4 nitrogen and oxygen atoms in total. The van der Waals surface area contributed by atoms with Gasteiger partial charge < -0.3 is 9.47 Å². The Morgan fingerprint density at radius 3 is 1.60 bits per heavy atom. The van der Waals surface area contributed by atoms with Crippen LogP contribution in [0.4, 0.5) is 0 Å². The highest BCUT2D eigenvalue weighted by atomic mass is 79.9. The highest BCUT2D eigenvalue weighted by Crippen LogP contribution is 2.29. The Morgan fingerprint density at radius 1 is 0.833 bits per heavy atom. The molecule has 6 heteroatoms.